The van der Waals surface area contributed by atoms with Crippen LogP contribution < -0.4 is 10.6 Å². The minimum absolute atomic E-state index is 0.0835. The van der Waals surface area contributed by atoms with Gasteiger partial charge in [0, 0.05) is 28.3 Å². The molecule has 0 fully saturated rings. The van der Waals surface area contributed by atoms with Gasteiger partial charge in [-0.15, -0.1) is 11.3 Å². The fourth-order valence-electron chi connectivity index (χ4n) is 4.58. The summed E-state index contributed by atoms with van der Waals surface area (Å²) in [6.45, 7) is 10.7. The molecule has 8 heteroatoms. The molecule has 3 aromatic rings. The van der Waals surface area contributed by atoms with Crippen LogP contribution in [-0.2, 0) is 12.8 Å². The lowest BCUT2D eigenvalue weighted by Crippen LogP contribution is -2.27. The summed E-state index contributed by atoms with van der Waals surface area (Å²) in [5.74, 6) is -0.169. The number of benzene rings is 2. The molecule has 2 N–H and O–H groups in total. The Hall–Kier alpha value is -3.52. The number of nitrogens with zero attached hydrogens (tertiary/aromatic N) is 1. The first-order chi connectivity index (χ1) is 16.9. The fraction of sp³-hybridized carbons (Fsp3) is 0.357. The highest BCUT2D eigenvalue weighted by atomic mass is 32.1. The summed E-state index contributed by atoms with van der Waals surface area (Å²) in [4.78, 5) is 38.2. The Morgan fingerprint density at radius 2 is 1.69 bits per heavy atom. The smallest absolute Gasteiger partial charge is 0.269 e. The van der Waals surface area contributed by atoms with Gasteiger partial charge in [-0.3, -0.25) is 19.7 Å². The second-order valence-corrected chi connectivity index (χ2v) is 11.6. The molecule has 2 amide bonds. The first kappa shape index (κ1) is 25.6. The van der Waals surface area contributed by atoms with Gasteiger partial charge in [0.25, 0.3) is 17.5 Å². The number of aryl methyl sites for hydroxylation is 2. The predicted octanol–water partition coefficient (Wildman–Crippen LogP) is 6.93. The third-order valence-corrected chi connectivity index (χ3v) is 8.22. The van der Waals surface area contributed by atoms with E-state index in [1.807, 2.05) is 32.0 Å². The Balaban J connectivity index is 1.67. The van der Waals surface area contributed by atoms with E-state index in [9.17, 15) is 19.7 Å². The molecule has 0 aliphatic heterocycles. The van der Waals surface area contributed by atoms with Crippen LogP contribution >= 0.6 is 11.3 Å². The molecule has 0 radical (unpaired) electrons. The second-order valence-electron chi connectivity index (χ2n) is 10.5. The van der Waals surface area contributed by atoms with Crippen LogP contribution in [0.5, 0.6) is 0 Å². The number of nitro groups is 1. The summed E-state index contributed by atoms with van der Waals surface area (Å²) < 4.78 is 0. The van der Waals surface area contributed by atoms with Crippen molar-refractivity contribution < 1.29 is 14.5 Å². The van der Waals surface area contributed by atoms with Crippen molar-refractivity contribution in [3.8, 4) is 0 Å². The molecule has 1 heterocycles. The number of anilines is 2. The van der Waals surface area contributed by atoms with Gasteiger partial charge in [0.15, 0.2) is 0 Å². The standard InChI is InChI=1S/C28H31N3O4S/c1-16-6-10-20(14-17(16)2)29-26(33)24-22-13-9-19(28(3,4)5)15-23(22)36-27(24)30-25(32)18-7-11-21(12-8-18)31(34)35/h6-8,10-12,14,19H,9,13,15H2,1-5H3,(H,29,33)(H,30,32). The van der Waals surface area contributed by atoms with Crippen molar-refractivity contribution >= 4 is 39.5 Å². The van der Waals surface area contributed by atoms with Crippen LogP contribution in [0.4, 0.5) is 16.4 Å². The highest BCUT2D eigenvalue weighted by Gasteiger charge is 2.34. The largest absolute Gasteiger partial charge is 0.322 e. The van der Waals surface area contributed by atoms with Crippen LogP contribution in [-0.4, -0.2) is 16.7 Å². The minimum Gasteiger partial charge on any atom is -0.322 e. The Bertz CT molecular complexity index is 1340. The van der Waals surface area contributed by atoms with E-state index in [0.29, 0.717) is 27.7 Å². The van der Waals surface area contributed by atoms with Crippen molar-refractivity contribution in [3.05, 3.63) is 85.3 Å². The molecule has 188 valence electrons. The predicted molar refractivity (Wildman–Crippen MR) is 144 cm³/mol. The Kier molecular flexibility index (Phi) is 7.00. The topological polar surface area (TPSA) is 101 Å². The van der Waals surface area contributed by atoms with E-state index >= 15 is 0 Å². The van der Waals surface area contributed by atoms with E-state index in [0.717, 1.165) is 40.8 Å². The van der Waals surface area contributed by atoms with E-state index in [4.69, 9.17) is 0 Å². The number of non-ortho nitro benzene ring substituents is 1. The molecule has 7 nitrogen and oxygen atoms in total. The zero-order chi connectivity index (χ0) is 26.2. The Morgan fingerprint density at radius 3 is 2.31 bits per heavy atom. The lowest BCUT2D eigenvalue weighted by Gasteiger charge is -2.33. The molecule has 4 rings (SSSR count). The molecule has 0 saturated carbocycles. The van der Waals surface area contributed by atoms with Gasteiger partial charge in [-0.25, -0.2) is 0 Å². The molecule has 36 heavy (non-hydrogen) atoms. The zero-order valence-electron chi connectivity index (χ0n) is 21.2. The highest BCUT2D eigenvalue weighted by molar-refractivity contribution is 7.17. The number of rotatable bonds is 5. The summed E-state index contributed by atoms with van der Waals surface area (Å²) in [5.41, 5.74) is 4.80. The molecule has 1 atom stereocenters. The van der Waals surface area contributed by atoms with E-state index < -0.39 is 10.8 Å². The zero-order valence-corrected chi connectivity index (χ0v) is 22.0. The van der Waals surface area contributed by atoms with Gasteiger partial charge >= 0.3 is 0 Å². The highest BCUT2D eigenvalue weighted by Crippen LogP contribution is 2.44. The first-order valence-electron chi connectivity index (χ1n) is 12.0. The van der Waals surface area contributed by atoms with Gasteiger partial charge in [-0.2, -0.15) is 0 Å². The molecule has 1 aliphatic carbocycles. The van der Waals surface area contributed by atoms with E-state index in [2.05, 4.69) is 31.4 Å². The number of carbonyl (C=O) groups is 2. The number of thiophene rings is 1. The van der Waals surface area contributed by atoms with Crippen molar-refractivity contribution in [1.29, 1.82) is 0 Å². The van der Waals surface area contributed by atoms with E-state index in [1.165, 1.54) is 35.6 Å². The third-order valence-electron chi connectivity index (χ3n) is 7.05. The average molecular weight is 506 g/mol. The molecule has 0 spiro atoms. The average Bonchev–Trinajstić information content (AvgIpc) is 3.18. The normalized spacial score (nSPS) is 15.2. The van der Waals surface area contributed by atoms with Gasteiger partial charge in [-0.05, 0) is 85.4 Å². The molecule has 1 unspecified atom stereocenters. The summed E-state index contributed by atoms with van der Waals surface area (Å²) in [7, 11) is 0. The number of carbonyl (C=O) groups excluding carboxylic acids is 2. The van der Waals surface area contributed by atoms with Crippen LogP contribution in [0.25, 0.3) is 0 Å². The van der Waals surface area contributed by atoms with Crippen molar-refractivity contribution in [2.45, 2.75) is 53.9 Å². The van der Waals surface area contributed by atoms with Crippen LogP contribution in [0, 0.1) is 35.3 Å². The van der Waals surface area contributed by atoms with Gasteiger partial charge in [0.1, 0.15) is 5.00 Å². The molecular formula is C28H31N3O4S. The summed E-state index contributed by atoms with van der Waals surface area (Å²) in [6.07, 6.45) is 2.62. The van der Waals surface area contributed by atoms with Gasteiger partial charge in [0.2, 0.25) is 0 Å². The summed E-state index contributed by atoms with van der Waals surface area (Å²) in [5, 5.41) is 17.4. The molecule has 2 aromatic carbocycles. The monoisotopic (exact) mass is 505 g/mol. The summed E-state index contributed by atoms with van der Waals surface area (Å²) in [6, 6.07) is 11.2. The van der Waals surface area contributed by atoms with Gasteiger partial charge in [-0.1, -0.05) is 26.8 Å². The SMILES string of the molecule is Cc1ccc(NC(=O)c2c(NC(=O)c3ccc([N+](=O)[O-])cc3)sc3c2CCC(C(C)(C)C)C3)cc1C. The number of nitro benzene ring substituents is 1. The quantitative estimate of drug-likeness (QED) is 0.290. The maximum atomic E-state index is 13.5. The van der Waals surface area contributed by atoms with Crippen LogP contribution in [0.15, 0.2) is 42.5 Å². The van der Waals surface area contributed by atoms with Crippen molar-refractivity contribution in [3.63, 3.8) is 0 Å². The Morgan fingerprint density at radius 1 is 1.00 bits per heavy atom. The second kappa shape index (κ2) is 9.85. The van der Waals surface area contributed by atoms with Gasteiger partial charge < -0.3 is 10.6 Å². The number of fused-ring (bicyclic) bond motifs is 1. The minimum atomic E-state index is -0.504. The lowest BCUT2D eigenvalue weighted by atomic mass is 9.72. The molecule has 1 aliphatic rings. The number of amides is 2. The Labute approximate surface area is 215 Å². The fourth-order valence-corrected chi connectivity index (χ4v) is 5.90. The maximum Gasteiger partial charge on any atom is 0.269 e. The number of hydrogen-bond acceptors (Lipinski definition) is 5. The van der Waals surface area contributed by atoms with Crippen molar-refractivity contribution in [2.24, 2.45) is 11.3 Å². The van der Waals surface area contributed by atoms with Crippen LogP contribution in [0.1, 0.15) is 69.5 Å². The molecule has 0 saturated heterocycles. The van der Waals surface area contributed by atoms with Crippen LogP contribution in [0.3, 0.4) is 0 Å². The van der Waals surface area contributed by atoms with Gasteiger partial charge in [0.05, 0.1) is 10.5 Å². The molecule has 1 aromatic heterocycles. The van der Waals surface area contributed by atoms with Crippen LogP contribution in [0.2, 0.25) is 0 Å². The first-order valence-corrected chi connectivity index (χ1v) is 12.8. The van der Waals surface area contributed by atoms with E-state index in [-0.39, 0.29) is 17.0 Å². The summed E-state index contributed by atoms with van der Waals surface area (Å²) >= 11 is 1.46. The molecular weight excluding hydrogens is 474 g/mol. The third kappa shape index (κ3) is 5.33. The number of hydrogen-bond donors (Lipinski definition) is 2. The molecule has 0 bridgehead atoms. The maximum absolute atomic E-state index is 13.5. The number of nitrogens with one attached hydrogen (secondary N) is 2. The lowest BCUT2D eigenvalue weighted by molar-refractivity contribution is -0.384. The van der Waals surface area contributed by atoms with Crippen molar-refractivity contribution in [1.82, 2.24) is 0 Å². The van der Waals surface area contributed by atoms with E-state index in [1.54, 1.807) is 0 Å². The van der Waals surface area contributed by atoms with Crippen molar-refractivity contribution in [2.75, 3.05) is 10.6 Å².